The SMILES string of the molecule is CCCC(=O)C(C)c1ccc(OC(C)C)cc1. The molecule has 0 spiro atoms. The molecule has 94 valence electrons. The molecule has 0 aliphatic heterocycles. The molecule has 2 heteroatoms. The zero-order chi connectivity index (χ0) is 12.8. The van der Waals surface area contributed by atoms with Gasteiger partial charge in [0.05, 0.1) is 6.10 Å². The van der Waals surface area contributed by atoms with Crippen molar-refractivity contribution in [1.82, 2.24) is 0 Å². The largest absolute Gasteiger partial charge is 0.491 e. The molecule has 0 aliphatic rings. The van der Waals surface area contributed by atoms with Crippen LogP contribution in [0.1, 0.15) is 52.0 Å². The van der Waals surface area contributed by atoms with Gasteiger partial charge in [0.25, 0.3) is 0 Å². The van der Waals surface area contributed by atoms with Crippen LogP contribution < -0.4 is 4.74 Å². The Hall–Kier alpha value is -1.31. The van der Waals surface area contributed by atoms with E-state index in [4.69, 9.17) is 4.74 Å². The van der Waals surface area contributed by atoms with E-state index in [-0.39, 0.29) is 12.0 Å². The van der Waals surface area contributed by atoms with Gasteiger partial charge in [-0.05, 0) is 38.0 Å². The maximum Gasteiger partial charge on any atom is 0.140 e. The van der Waals surface area contributed by atoms with Crippen LogP contribution in [0, 0.1) is 0 Å². The summed E-state index contributed by atoms with van der Waals surface area (Å²) < 4.78 is 5.57. The summed E-state index contributed by atoms with van der Waals surface area (Å²) >= 11 is 0. The zero-order valence-electron chi connectivity index (χ0n) is 11.2. The van der Waals surface area contributed by atoms with E-state index in [1.807, 2.05) is 52.0 Å². The summed E-state index contributed by atoms with van der Waals surface area (Å²) in [5.74, 6) is 1.16. The highest BCUT2D eigenvalue weighted by Crippen LogP contribution is 2.22. The van der Waals surface area contributed by atoms with Crippen molar-refractivity contribution >= 4 is 5.78 Å². The lowest BCUT2D eigenvalue weighted by Crippen LogP contribution is -2.09. The highest BCUT2D eigenvalue weighted by atomic mass is 16.5. The molecule has 0 amide bonds. The Balaban J connectivity index is 2.70. The second kappa shape index (κ2) is 6.43. The van der Waals surface area contributed by atoms with Gasteiger partial charge in [-0.15, -0.1) is 0 Å². The van der Waals surface area contributed by atoms with Crippen molar-refractivity contribution in [3.63, 3.8) is 0 Å². The number of ether oxygens (including phenoxy) is 1. The summed E-state index contributed by atoms with van der Waals surface area (Å²) in [5.41, 5.74) is 1.07. The molecule has 0 aromatic heterocycles. The molecule has 0 saturated carbocycles. The first-order valence-electron chi connectivity index (χ1n) is 6.34. The smallest absolute Gasteiger partial charge is 0.140 e. The Morgan fingerprint density at radius 2 is 1.76 bits per heavy atom. The molecule has 1 unspecified atom stereocenters. The lowest BCUT2D eigenvalue weighted by Gasteiger charge is -2.13. The molecule has 2 nitrogen and oxygen atoms in total. The number of ketones is 1. The standard InChI is InChI=1S/C15H22O2/c1-5-6-15(16)12(4)13-7-9-14(10-8-13)17-11(2)3/h7-12H,5-6H2,1-4H3. The molecule has 0 bridgehead atoms. The van der Waals surface area contributed by atoms with E-state index >= 15 is 0 Å². The molecule has 0 N–H and O–H groups in total. The van der Waals surface area contributed by atoms with Crippen molar-refractivity contribution in [3.05, 3.63) is 29.8 Å². The number of hydrogen-bond donors (Lipinski definition) is 0. The van der Waals surface area contributed by atoms with E-state index in [2.05, 4.69) is 0 Å². The maximum atomic E-state index is 11.8. The summed E-state index contributed by atoms with van der Waals surface area (Å²) in [5, 5.41) is 0. The van der Waals surface area contributed by atoms with E-state index < -0.39 is 0 Å². The van der Waals surface area contributed by atoms with Crippen molar-refractivity contribution in [2.75, 3.05) is 0 Å². The molecule has 1 aromatic rings. The van der Waals surface area contributed by atoms with Crippen molar-refractivity contribution in [3.8, 4) is 5.75 Å². The molecule has 1 aromatic carbocycles. The van der Waals surface area contributed by atoms with Crippen molar-refractivity contribution in [2.45, 2.75) is 52.6 Å². The Bertz CT molecular complexity index is 352. The molecule has 0 radical (unpaired) electrons. The number of carbonyl (C=O) groups is 1. The fraction of sp³-hybridized carbons (Fsp3) is 0.533. The van der Waals surface area contributed by atoms with Gasteiger partial charge in [0.15, 0.2) is 0 Å². The topological polar surface area (TPSA) is 26.3 Å². The number of hydrogen-bond acceptors (Lipinski definition) is 2. The van der Waals surface area contributed by atoms with Crippen molar-refractivity contribution < 1.29 is 9.53 Å². The summed E-state index contributed by atoms with van der Waals surface area (Å²) in [6, 6.07) is 7.84. The summed E-state index contributed by atoms with van der Waals surface area (Å²) in [6.07, 6.45) is 1.75. The minimum atomic E-state index is -0.0111. The van der Waals surface area contributed by atoms with Crippen LogP contribution in [0.3, 0.4) is 0 Å². The predicted octanol–water partition coefficient (Wildman–Crippen LogP) is 3.95. The predicted molar refractivity (Wildman–Crippen MR) is 70.5 cm³/mol. The van der Waals surface area contributed by atoms with E-state index in [0.29, 0.717) is 12.2 Å². The second-order valence-corrected chi connectivity index (χ2v) is 4.67. The van der Waals surface area contributed by atoms with Gasteiger partial charge in [0.2, 0.25) is 0 Å². The molecule has 0 heterocycles. The zero-order valence-corrected chi connectivity index (χ0v) is 11.2. The van der Waals surface area contributed by atoms with Crippen LogP contribution in [0.15, 0.2) is 24.3 Å². The number of Topliss-reactive ketones (excluding diaryl/α,β-unsaturated/α-hetero) is 1. The molecule has 0 fully saturated rings. The first-order chi connectivity index (χ1) is 8.04. The van der Waals surface area contributed by atoms with Gasteiger partial charge in [-0.3, -0.25) is 4.79 Å². The summed E-state index contributed by atoms with van der Waals surface area (Å²) in [7, 11) is 0. The normalized spacial score (nSPS) is 12.5. The quantitative estimate of drug-likeness (QED) is 0.745. The lowest BCUT2D eigenvalue weighted by molar-refractivity contribution is -0.120. The van der Waals surface area contributed by atoms with E-state index in [1.165, 1.54) is 0 Å². The minimum Gasteiger partial charge on any atom is -0.491 e. The molecule has 1 rings (SSSR count). The highest BCUT2D eigenvalue weighted by Gasteiger charge is 2.13. The van der Waals surface area contributed by atoms with Crippen LogP contribution in [-0.2, 0) is 4.79 Å². The van der Waals surface area contributed by atoms with Crippen LogP contribution >= 0.6 is 0 Å². The van der Waals surface area contributed by atoms with Gasteiger partial charge in [0.1, 0.15) is 11.5 Å². The molecule has 1 atom stereocenters. The maximum absolute atomic E-state index is 11.8. The van der Waals surface area contributed by atoms with Crippen LogP contribution in [0.2, 0.25) is 0 Å². The fourth-order valence-corrected chi connectivity index (χ4v) is 1.76. The van der Waals surface area contributed by atoms with Gasteiger partial charge in [-0.2, -0.15) is 0 Å². The molecule has 0 saturated heterocycles. The van der Waals surface area contributed by atoms with Gasteiger partial charge < -0.3 is 4.74 Å². The average molecular weight is 234 g/mol. The minimum absolute atomic E-state index is 0.0111. The monoisotopic (exact) mass is 234 g/mol. The third-order valence-electron chi connectivity index (χ3n) is 2.73. The second-order valence-electron chi connectivity index (χ2n) is 4.67. The van der Waals surface area contributed by atoms with Gasteiger partial charge in [0, 0.05) is 12.3 Å². The Morgan fingerprint density at radius 1 is 1.18 bits per heavy atom. The number of carbonyl (C=O) groups excluding carboxylic acids is 1. The third kappa shape index (κ3) is 4.22. The first-order valence-corrected chi connectivity index (χ1v) is 6.34. The van der Waals surface area contributed by atoms with Crippen LogP contribution in [0.5, 0.6) is 5.75 Å². The molecule has 0 aliphatic carbocycles. The van der Waals surface area contributed by atoms with E-state index in [9.17, 15) is 4.79 Å². The number of benzene rings is 1. The van der Waals surface area contributed by atoms with E-state index in [1.54, 1.807) is 0 Å². The molecular formula is C15H22O2. The summed E-state index contributed by atoms with van der Waals surface area (Å²) in [6.45, 7) is 8.00. The Labute approximate surface area is 104 Å². The van der Waals surface area contributed by atoms with Crippen molar-refractivity contribution in [1.29, 1.82) is 0 Å². The van der Waals surface area contributed by atoms with Gasteiger partial charge in [-0.1, -0.05) is 26.0 Å². The first kappa shape index (κ1) is 13.8. The van der Waals surface area contributed by atoms with Gasteiger partial charge >= 0.3 is 0 Å². The lowest BCUT2D eigenvalue weighted by atomic mass is 9.94. The highest BCUT2D eigenvalue weighted by molar-refractivity contribution is 5.85. The van der Waals surface area contributed by atoms with Gasteiger partial charge in [-0.25, -0.2) is 0 Å². The third-order valence-corrected chi connectivity index (χ3v) is 2.73. The number of rotatable bonds is 6. The van der Waals surface area contributed by atoms with Crippen molar-refractivity contribution in [2.24, 2.45) is 0 Å². The van der Waals surface area contributed by atoms with E-state index in [0.717, 1.165) is 17.7 Å². The molecule has 17 heavy (non-hydrogen) atoms. The Kier molecular flexibility index (Phi) is 5.20. The van der Waals surface area contributed by atoms with Crippen LogP contribution in [0.25, 0.3) is 0 Å². The Morgan fingerprint density at radius 3 is 2.24 bits per heavy atom. The van der Waals surface area contributed by atoms with Crippen LogP contribution in [-0.4, -0.2) is 11.9 Å². The summed E-state index contributed by atoms with van der Waals surface area (Å²) in [4.78, 5) is 11.8. The molecular weight excluding hydrogens is 212 g/mol. The fourth-order valence-electron chi connectivity index (χ4n) is 1.76. The average Bonchev–Trinajstić information content (AvgIpc) is 2.28. The van der Waals surface area contributed by atoms with Crippen LogP contribution in [0.4, 0.5) is 0 Å².